The number of nitrogens with zero attached hydrogens (tertiary/aromatic N) is 1. The summed E-state index contributed by atoms with van der Waals surface area (Å²) < 4.78 is 11.0. The molecule has 0 spiro atoms. The van der Waals surface area contributed by atoms with E-state index >= 15 is 0 Å². The highest BCUT2D eigenvalue weighted by molar-refractivity contribution is 6.07. The Labute approximate surface area is 244 Å². The van der Waals surface area contributed by atoms with Gasteiger partial charge in [0.25, 0.3) is 5.91 Å². The number of benzene rings is 1. The first-order chi connectivity index (χ1) is 20.1. The number of hydrogen-bond acceptors (Lipinski definition) is 9. The second kappa shape index (κ2) is 15.8. The number of likely N-dealkylation sites (tertiary alicyclic amines) is 1. The summed E-state index contributed by atoms with van der Waals surface area (Å²) in [6, 6.07) is 5.27. The Morgan fingerprint density at radius 2 is 1.76 bits per heavy atom. The number of amides is 5. The molecule has 0 bridgehead atoms. The fraction of sp³-hybridized carbons (Fsp3) is 0.517. The van der Waals surface area contributed by atoms with Crippen LogP contribution in [0.1, 0.15) is 62.7 Å². The number of nitrogens with two attached hydrogens (primary N) is 1. The molecule has 0 unspecified atom stereocenters. The zero-order chi connectivity index (χ0) is 30.6. The Bertz CT molecular complexity index is 1200. The standard InChI is InChI=1S/C29H39N5O8/c1-3-41-29(40)20-16-22(30)27(32-18(2)35)23(17-20)42-15-5-13-31-24(36)6-4-7-25(37)33-21-10-8-19(9-11-21)28(39)34-14-12-26(34)38/h8-11,17,22-23,27H,3-7,12-16,30H2,1-2H3,(H,31,36)(H,32,35)(H,33,37)/t22-,23+,27+/m0/s1. The first kappa shape index (κ1) is 32.4. The maximum Gasteiger partial charge on any atom is 0.333 e. The normalized spacial score (nSPS) is 19.7. The van der Waals surface area contributed by atoms with E-state index in [1.165, 1.54) is 11.8 Å². The van der Waals surface area contributed by atoms with Crippen LogP contribution in [0.3, 0.4) is 0 Å². The molecule has 228 valence electrons. The Morgan fingerprint density at radius 3 is 2.38 bits per heavy atom. The van der Waals surface area contributed by atoms with Crippen molar-refractivity contribution in [3.05, 3.63) is 41.5 Å². The first-order valence-electron chi connectivity index (χ1n) is 14.1. The van der Waals surface area contributed by atoms with Crippen molar-refractivity contribution in [2.45, 2.75) is 70.6 Å². The molecule has 0 aromatic heterocycles. The highest BCUT2D eigenvalue weighted by Crippen LogP contribution is 2.22. The lowest BCUT2D eigenvalue weighted by atomic mass is 9.88. The SMILES string of the molecule is CCOC(=O)C1=C[C@@H](OCCCNC(=O)CCCC(=O)Nc2ccc(C(=O)N3CCC3=O)cc2)[C@H](NC(C)=O)[C@@H](N)C1. The Kier molecular flexibility index (Phi) is 12.2. The van der Waals surface area contributed by atoms with E-state index in [0.717, 1.165) is 0 Å². The van der Waals surface area contributed by atoms with Gasteiger partial charge in [-0.1, -0.05) is 0 Å². The van der Waals surface area contributed by atoms with Gasteiger partial charge in [-0.05, 0) is 56.5 Å². The largest absolute Gasteiger partial charge is 0.463 e. The van der Waals surface area contributed by atoms with Gasteiger partial charge >= 0.3 is 5.97 Å². The van der Waals surface area contributed by atoms with E-state index in [1.807, 2.05) is 0 Å². The van der Waals surface area contributed by atoms with Gasteiger partial charge in [0.15, 0.2) is 0 Å². The minimum Gasteiger partial charge on any atom is -0.463 e. The lowest BCUT2D eigenvalue weighted by molar-refractivity contribution is -0.139. The number of rotatable bonds is 14. The van der Waals surface area contributed by atoms with E-state index in [1.54, 1.807) is 37.3 Å². The van der Waals surface area contributed by atoms with E-state index < -0.39 is 24.2 Å². The molecule has 3 atom stereocenters. The summed E-state index contributed by atoms with van der Waals surface area (Å²) in [4.78, 5) is 73.1. The summed E-state index contributed by atoms with van der Waals surface area (Å²) in [5.41, 5.74) is 7.50. The van der Waals surface area contributed by atoms with Crippen molar-refractivity contribution in [1.29, 1.82) is 0 Å². The highest BCUT2D eigenvalue weighted by Gasteiger charge is 2.35. The lowest BCUT2D eigenvalue weighted by Crippen LogP contribution is -2.56. The van der Waals surface area contributed by atoms with Gasteiger partial charge in [0.05, 0.1) is 18.8 Å². The summed E-state index contributed by atoms with van der Waals surface area (Å²) in [6.07, 6.45) is 2.79. The van der Waals surface area contributed by atoms with Gasteiger partial charge < -0.3 is 31.2 Å². The van der Waals surface area contributed by atoms with Gasteiger partial charge in [-0.2, -0.15) is 0 Å². The average Bonchev–Trinajstić information content (AvgIpc) is 2.93. The molecule has 1 heterocycles. The quantitative estimate of drug-likeness (QED) is 0.106. The summed E-state index contributed by atoms with van der Waals surface area (Å²) in [5, 5.41) is 8.29. The van der Waals surface area contributed by atoms with Crippen LogP contribution in [-0.4, -0.2) is 84.9 Å². The van der Waals surface area contributed by atoms with Crippen LogP contribution in [0, 0.1) is 0 Å². The molecular formula is C29H39N5O8. The van der Waals surface area contributed by atoms with Gasteiger partial charge in [0.1, 0.15) is 0 Å². The fourth-order valence-corrected chi connectivity index (χ4v) is 4.57. The highest BCUT2D eigenvalue weighted by atomic mass is 16.5. The summed E-state index contributed by atoms with van der Waals surface area (Å²) in [6.45, 7) is 4.35. The monoisotopic (exact) mass is 585 g/mol. The number of nitrogens with one attached hydrogen (secondary N) is 3. The van der Waals surface area contributed by atoms with Crippen molar-refractivity contribution in [2.75, 3.05) is 31.6 Å². The van der Waals surface area contributed by atoms with E-state index in [2.05, 4.69) is 16.0 Å². The van der Waals surface area contributed by atoms with Crippen LogP contribution < -0.4 is 21.7 Å². The predicted octanol–water partition coefficient (Wildman–Crippen LogP) is 0.785. The number of carbonyl (C=O) groups is 6. The van der Waals surface area contributed by atoms with Crippen LogP contribution in [0.4, 0.5) is 5.69 Å². The maximum atomic E-state index is 12.2. The third kappa shape index (κ3) is 9.48. The van der Waals surface area contributed by atoms with Crippen LogP contribution in [-0.2, 0) is 33.4 Å². The number of esters is 1. The molecule has 1 saturated heterocycles. The molecule has 1 aliphatic carbocycles. The van der Waals surface area contributed by atoms with Gasteiger partial charge in [-0.25, -0.2) is 4.79 Å². The van der Waals surface area contributed by atoms with Crippen molar-refractivity contribution >= 4 is 41.2 Å². The minimum atomic E-state index is -0.618. The molecule has 13 heteroatoms. The molecule has 1 aromatic rings. The Morgan fingerprint density at radius 1 is 1.05 bits per heavy atom. The summed E-state index contributed by atoms with van der Waals surface area (Å²) in [5.74, 6) is -1.74. The van der Waals surface area contributed by atoms with Crippen molar-refractivity contribution in [1.82, 2.24) is 15.5 Å². The molecule has 1 aliphatic heterocycles. The van der Waals surface area contributed by atoms with Gasteiger partial charge in [-0.3, -0.25) is 28.9 Å². The van der Waals surface area contributed by atoms with Crippen LogP contribution in [0.5, 0.6) is 0 Å². The second-order valence-corrected chi connectivity index (χ2v) is 10.1. The molecule has 1 aromatic carbocycles. The zero-order valence-corrected chi connectivity index (χ0v) is 24.0. The van der Waals surface area contributed by atoms with E-state index in [9.17, 15) is 28.8 Å². The first-order valence-corrected chi connectivity index (χ1v) is 14.1. The lowest BCUT2D eigenvalue weighted by Gasteiger charge is -2.35. The molecule has 1 fully saturated rings. The molecule has 0 saturated carbocycles. The molecule has 42 heavy (non-hydrogen) atoms. The Balaban J connectivity index is 1.33. The summed E-state index contributed by atoms with van der Waals surface area (Å²) >= 11 is 0. The van der Waals surface area contributed by atoms with Gasteiger partial charge in [0, 0.05) is 68.7 Å². The second-order valence-electron chi connectivity index (χ2n) is 10.1. The molecule has 0 radical (unpaired) electrons. The van der Waals surface area contributed by atoms with Crippen molar-refractivity contribution < 1.29 is 38.2 Å². The van der Waals surface area contributed by atoms with Crippen molar-refractivity contribution in [3.63, 3.8) is 0 Å². The van der Waals surface area contributed by atoms with Crippen LogP contribution in [0.15, 0.2) is 35.9 Å². The third-order valence-corrected chi connectivity index (χ3v) is 6.82. The van der Waals surface area contributed by atoms with Crippen molar-refractivity contribution in [3.8, 4) is 0 Å². The number of β-lactam (4-membered cyclic amide) rings is 1. The average molecular weight is 586 g/mol. The van der Waals surface area contributed by atoms with E-state index in [-0.39, 0.29) is 62.0 Å². The Hall–Kier alpha value is -4.10. The molecular weight excluding hydrogens is 546 g/mol. The molecule has 2 aliphatic rings. The predicted molar refractivity (Wildman–Crippen MR) is 152 cm³/mol. The fourth-order valence-electron chi connectivity index (χ4n) is 4.57. The van der Waals surface area contributed by atoms with Crippen LogP contribution in [0.25, 0.3) is 0 Å². The van der Waals surface area contributed by atoms with Crippen molar-refractivity contribution in [2.24, 2.45) is 5.73 Å². The van der Waals surface area contributed by atoms with Crippen LogP contribution >= 0.6 is 0 Å². The zero-order valence-electron chi connectivity index (χ0n) is 24.0. The third-order valence-electron chi connectivity index (χ3n) is 6.82. The smallest absolute Gasteiger partial charge is 0.333 e. The maximum absolute atomic E-state index is 12.2. The van der Waals surface area contributed by atoms with Gasteiger partial charge in [0.2, 0.25) is 23.6 Å². The minimum absolute atomic E-state index is 0.140. The molecule has 5 N–H and O–H groups in total. The number of hydrogen-bond donors (Lipinski definition) is 4. The van der Waals surface area contributed by atoms with Crippen LogP contribution in [0.2, 0.25) is 0 Å². The number of anilines is 1. The molecule has 13 nitrogen and oxygen atoms in total. The number of ether oxygens (including phenoxy) is 2. The number of imide groups is 1. The number of carbonyl (C=O) groups excluding carboxylic acids is 6. The summed E-state index contributed by atoms with van der Waals surface area (Å²) in [7, 11) is 0. The molecule has 3 rings (SSSR count). The van der Waals surface area contributed by atoms with E-state index in [0.29, 0.717) is 49.2 Å². The molecule has 5 amide bonds. The topological polar surface area (TPSA) is 186 Å². The van der Waals surface area contributed by atoms with Gasteiger partial charge in [-0.15, -0.1) is 0 Å². The van der Waals surface area contributed by atoms with E-state index in [4.69, 9.17) is 15.2 Å².